The topological polar surface area (TPSA) is 12.0 Å². The smallest absolute Gasteiger partial charge is 0.254 e. The molecular weight excluding hydrogens is 191 g/mol. The highest BCUT2D eigenvalue weighted by Crippen LogP contribution is 2.20. The fraction of sp³-hybridized carbons (Fsp3) is 0.400. The molecule has 0 saturated carbocycles. The molecule has 4 heteroatoms. The van der Waals surface area contributed by atoms with E-state index in [0.29, 0.717) is 6.54 Å². The van der Waals surface area contributed by atoms with Crippen molar-refractivity contribution in [1.29, 1.82) is 0 Å². The second-order valence-corrected chi connectivity index (χ2v) is 3.44. The molecule has 14 heavy (non-hydrogen) atoms. The Bertz CT molecular complexity index is 338. The molecule has 0 amide bonds. The molecule has 0 radical (unpaired) electrons. The van der Waals surface area contributed by atoms with Crippen LogP contribution in [0.3, 0.4) is 0 Å². The summed E-state index contributed by atoms with van der Waals surface area (Å²) in [6, 6.07) is 3.49. The Hall–Kier alpha value is -1.03. The molecule has 0 fully saturated rings. The Labute approximate surface area is 79.9 Å². The zero-order chi connectivity index (χ0) is 10.1. The van der Waals surface area contributed by atoms with Crippen molar-refractivity contribution >= 4 is 0 Å². The molecule has 0 bridgehead atoms. The molecule has 1 unspecified atom stereocenters. The molecule has 0 aromatic heterocycles. The van der Waals surface area contributed by atoms with Gasteiger partial charge in [0.2, 0.25) is 0 Å². The van der Waals surface area contributed by atoms with Gasteiger partial charge in [0.05, 0.1) is 6.04 Å². The molecule has 1 heterocycles. The fourth-order valence-electron chi connectivity index (χ4n) is 1.69. The van der Waals surface area contributed by atoms with Gasteiger partial charge in [0, 0.05) is 6.54 Å². The Kier molecular flexibility index (Phi) is 2.46. The van der Waals surface area contributed by atoms with Gasteiger partial charge in [-0.15, -0.1) is 0 Å². The van der Waals surface area contributed by atoms with E-state index in [1.165, 1.54) is 12.1 Å². The summed E-state index contributed by atoms with van der Waals surface area (Å²) >= 11 is 0. The van der Waals surface area contributed by atoms with Crippen LogP contribution in [0.1, 0.15) is 11.1 Å². The Morgan fingerprint density at radius 3 is 2.79 bits per heavy atom. The van der Waals surface area contributed by atoms with E-state index in [1.54, 1.807) is 6.07 Å². The Morgan fingerprint density at radius 1 is 1.29 bits per heavy atom. The van der Waals surface area contributed by atoms with Crippen molar-refractivity contribution in [2.45, 2.75) is 25.4 Å². The van der Waals surface area contributed by atoms with Gasteiger partial charge in [0.15, 0.2) is 0 Å². The van der Waals surface area contributed by atoms with Gasteiger partial charge >= 0.3 is 0 Å². The maximum atomic E-state index is 12.8. The van der Waals surface area contributed by atoms with Gasteiger partial charge in [0.25, 0.3) is 6.43 Å². The van der Waals surface area contributed by atoms with Gasteiger partial charge < -0.3 is 5.32 Å². The normalized spacial score (nSPS) is 21.0. The number of hydrogen-bond donors (Lipinski definition) is 1. The molecule has 1 aromatic rings. The minimum Gasteiger partial charge on any atom is -0.304 e. The number of benzene rings is 1. The van der Waals surface area contributed by atoms with E-state index in [1.807, 2.05) is 0 Å². The van der Waals surface area contributed by atoms with Crippen LogP contribution in [0.5, 0.6) is 0 Å². The first-order chi connectivity index (χ1) is 6.66. The standard InChI is InChI=1S/C10H10F3N/c11-8-2-1-6-4-9(10(12)13)14-5-7(6)3-8/h1-3,9-10,14H,4-5H2. The van der Waals surface area contributed by atoms with E-state index in [0.717, 1.165) is 11.1 Å². The maximum Gasteiger partial charge on any atom is 0.254 e. The molecule has 2 rings (SSSR count). The lowest BCUT2D eigenvalue weighted by Crippen LogP contribution is -2.40. The van der Waals surface area contributed by atoms with Crippen LogP contribution in [-0.4, -0.2) is 12.5 Å². The van der Waals surface area contributed by atoms with E-state index >= 15 is 0 Å². The van der Waals surface area contributed by atoms with Gasteiger partial charge in [-0.25, -0.2) is 13.2 Å². The van der Waals surface area contributed by atoms with Crippen LogP contribution in [-0.2, 0) is 13.0 Å². The van der Waals surface area contributed by atoms with Crippen LogP contribution in [0.25, 0.3) is 0 Å². The van der Waals surface area contributed by atoms with Crippen molar-refractivity contribution < 1.29 is 13.2 Å². The summed E-state index contributed by atoms with van der Waals surface area (Å²) in [5, 5.41) is 2.69. The number of rotatable bonds is 1. The van der Waals surface area contributed by atoms with E-state index in [9.17, 15) is 13.2 Å². The molecule has 1 aliphatic rings. The van der Waals surface area contributed by atoms with Gasteiger partial charge in [-0.05, 0) is 29.7 Å². The maximum absolute atomic E-state index is 12.8. The van der Waals surface area contributed by atoms with Crippen LogP contribution in [0.2, 0.25) is 0 Å². The quantitative estimate of drug-likeness (QED) is 0.733. The van der Waals surface area contributed by atoms with Crippen LogP contribution >= 0.6 is 0 Å². The summed E-state index contributed by atoms with van der Waals surface area (Å²) < 4.78 is 37.5. The van der Waals surface area contributed by atoms with Crippen molar-refractivity contribution in [1.82, 2.24) is 5.32 Å². The van der Waals surface area contributed by atoms with Crippen LogP contribution in [0.15, 0.2) is 18.2 Å². The van der Waals surface area contributed by atoms with E-state index in [4.69, 9.17) is 0 Å². The zero-order valence-corrected chi connectivity index (χ0v) is 7.43. The molecule has 0 saturated heterocycles. The summed E-state index contributed by atoms with van der Waals surface area (Å²) in [6.07, 6.45) is -2.10. The van der Waals surface area contributed by atoms with Crippen molar-refractivity contribution in [3.05, 3.63) is 35.1 Å². The Morgan fingerprint density at radius 2 is 2.07 bits per heavy atom. The first kappa shape index (κ1) is 9.52. The van der Waals surface area contributed by atoms with Crippen molar-refractivity contribution in [3.8, 4) is 0 Å². The van der Waals surface area contributed by atoms with Gasteiger partial charge in [0.1, 0.15) is 5.82 Å². The number of nitrogens with one attached hydrogen (secondary N) is 1. The minimum atomic E-state index is -2.37. The fourth-order valence-corrected chi connectivity index (χ4v) is 1.69. The van der Waals surface area contributed by atoms with Gasteiger partial charge in [-0.3, -0.25) is 0 Å². The third-order valence-corrected chi connectivity index (χ3v) is 2.47. The summed E-state index contributed by atoms with van der Waals surface area (Å²) in [5.74, 6) is -0.318. The molecule has 1 N–H and O–H groups in total. The van der Waals surface area contributed by atoms with Crippen LogP contribution in [0.4, 0.5) is 13.2 Å². The molecule has 1 aliphatic heterocycles. The molecule has 1 nitrogen and oxygen atoms in total. The number of fused-ring (bicyclic) bond motifs is 1. The van der Waals surface area contributed by atoms with Crippen molar-refractivity contribution in [2.75, 3.05) is 0 Å². The highest BCUT2D eigenvalue weighted by Gasteiger charge is 2.25. The van der Waals surface area contributed by atoms with E-state index < -0.39 is 12.5 Å². The largest absolute Gasteiger partial charge is 0.304 e. The van der Waals surface area contributed by atoms with Crippen molar-refractivity contribution in [3.63, 3.8) is 0 Å². The van der Waals surface area contributed by atoms with Crippen LogP contribution in [0, 0.1) is 5.82 Å². The second-order valence-electron chi connectivity index (χ2n) is 3.44. The third-order valence-electron chi connectivity index (χ3n) is 2.47. The molecule has 1 atom stereocenters. The number of halogens is 3. The molecule has 1 aromatic carbocycles. The average molecular weight is 201 g/mol. The van der Waals surface area contributed by atoms with E-state index in [2.05, 4.69) is 5.32 Å². The lowest BCUT2D eigenvalue weighted by molar-refractivity contribution is 0.0941. The summed E-state index contributed by atoms with van der Waals surface area (Å²) in [5.41, 5.74) is 1.59. The van der Waals surface area contributed by atoms with Gasteiger partial charge in [-0.1, -0.05) is 6.07 Å². The summed E-state index contributed by atoms with van der Waals surface area (Å²) in [7, 11) is 0. The average Bonchev–Trinajstić information content (AvgIpc) is 2.16. The molecule has 0 aliphatic carbocycles. The second kappa shape index (κ2) is 3.61. The first-order valence-electron chi connectivity index (χ1n) is 4.45. The Balaban J connectivity index is 2.23. The first-order valence-corrected chi connectivity index (χ1v) is 4.45. The third kappa shape index (κ3) is 1.75. The van der Waals surface area contributed by atoms with Crippen LogP contribution < -0.4 is 5.32 Å². The van der Waals surface area contributed by atoms with Crippen molar-refractivity contribution in [2.24, 2.45) is 0 Å². The van der Waals surface area contributed by atoms with E-state index in [-0.39, 0.29) is 12.2 Å². The predicted molar refractivity (Wildman–Crippen MR) is 46.7 cm³/mol. The highest BCUT2D eigenvalue weighted by molar-refractivity contribution is 5.30. The SMILES string of the molecule is Fc1ccc2c(c1)CNC(C(F)F)C2. The lowest BCUT2D eigenvalue weighted by atomic mass is 9.96. The number of alkyl halides is 2. The number of hydrogen-bond acceptors (Lipinski definition) is 1. The predicted octanol–water partition coefficient (Wildman–Crippen LogP) is 2.11. The lowest BCUT2D eigenvalue weighted by Gasteiger charge is -2.25. The molecule has 0 spiro atoms. The monoisotopic (exact) mass is 201 g/mol. The minimum absolute atomic E-state index is 0.271. The molecular formula is C10H10F3N. The highest BCUT2D eigenvalue weighted by atomic mass is 19.3. The zero-order valence-electron chi connectivity index (χ0n) is 7.43. The summed E-state index contributed by atoms with van der Waals surface area (Å²) in [6.45, 7) is 0.322. The van der Waals surface area contributed by atoms with Gasteiger partial charge in [-0.2, -0.15) is 0 Å². The molecule has 76 valence electrons. The summed E-state index contributed by atoms with van der Waals surface area (Å²) in [4.78, 5) is 0.